The van der Waals surface area contributed by atoms with E-state index in [1.807, 2.05) is 47.6 Å². The van der Waals surface area contributed by atoms with Gasteiger partial charge in [-0.2, -0.15) is 4.98 Å². The molecular weight excluding hydrogens is 707 g/mol. The number of allylic oxidation sites excluding steroid dienone is 4. The van der Waals surface area contributed by atoms with Crippen LogP contribution >= 0.6 is 0 Å². The molecule has 2 aromatic heterocycles. The van der Waals surface area contributed by atoms with E-state index in [9.17, 15) is 29.1 Å². The topological polar surface area (TPSA) is 241 Å². The Morgan fingerprint density at radius 1 is 1.04 bits per heavy atom. The number of carboxylic acid groups (broad SMARTS) is 1. The van der Waals surface area contributed by atoms with E-state index in [-0.39, 0.29) is 48.0 Å². The summed E-state index contributed by atoms with van der Waals surface area (Å²) in [6.07, 6.45) is 11.1. The van der Waals surface area contributed by atoms with Gasteiger partial charge in [0.05, 0.1) is 24.0 Å². The Hall–Kier alpha value is -5.68. The van der Waals surface area contributed by atoms with Gasteiger partial charge in [-0.3, -0.25) is 19.4 Å². The van der Waals surface area contributed by atoms with Crippen molar-refractivity contribution in [1.82, 2.24) is 30.6 Å². The molecule has 55 heavy (non-hydrogen) atoms. The van der Waals surface area contributed by atoms with Gasteiger partial charge in [0.15, 0.2) is 11.2 Å². The molecule has 7 N–H and O–H groups in total. The molecule has 0 saturated heterocycles. The molecule has 0 aliphatic heterocycles. The van der Waals surface area contributed by atoms with E-state index in [2.05, 4.69) is 35.9 Å². The maximum Gasteiger partial charge on any atom is 0.376 e. The van der Waals surface area contributed by atoms with E-state index < -0.39 is 40.4 Å². The molecule has 293 valence electrons. The van der Waals surface area contributed by atoms with Crippen molar-refractivity contribution in [3.05, 3.63) is 88.0 Å². The molecular formula is C38H50BN8O8. The monoisotopic (exact) mass is 757 g/mol. The number of aromatic nitrogens is 4. The number of H-pyrrole nitrogens is 1. The second-order valence-electron chi connectivity index (χ2n) is 13.8. The zero-order valence-corrected chi connectivity index (χ0v) is 32.1. The number of nitrogens with two attached hydrogens (primary N) is 1. The van der Waals surface area contributed by atoms with Crippen molar-refractivity contribution in [2.75, 3.05) is 24.2 Å². The summed E-state index contributed by atoms with van der Waals surface area (Å²) in [6.45, 7) is 12.2. The van der Waals surface area contributed by atoms with Crippen molar-refractivity contribution in [1.29, 1.82) is 0 Å². The van der Waals surface area contributed by atoms with Gasteiger partial charge in [-0.25, -0.2) is 14.8 Å². The number of aliphatic carboxylic acids is 1. The molecule has 17 heteroatoms. The quantitative estimate of drug-likeness (QED) is 0.0489. The number of nitrogens with zero attached hydrogens (tertiary/aromatic N) is 3. The van der Waals surface area contributed by atoms with Crippen LogP contribution in [0.5, 0.6) is 0 Å². The Morgan fingerprint density at radius 2 is 1.76 bits per heavy atom. The molecule has 16 nitrogen and oxygen atoms in total. The van der Waals surface area contributed by atoms with E-state index in [0.29, 0.717) is 42.9 Å². The lowest BCUT2D eigenvalue weighted by Gasteiger charge is -2.30. The molecule has 0 saturated carbocycles. The first kappa shape index (κ1) is 43.7. The van der Waals surface area contributed by atoms with Gasteiger partial charge in [-0.1, -0.05) is 24.3 Å². The SMILES string of the molecule is C\C=C/C=C(\C=C/C)C(=O)NCCC(C)(C)OCCC(C)(C)O[B]C(=O)CCC(NC(=O)c1ccc(NCc2cnc3nc(N)[nH]c(=O)c3n2)cc1)C(=O)O. The number of aromatic amines is 1. The van der Waals surface area contributed by atoms with Gasteiger partial charge in [-0.05, 0) is 91.1 Å². The number of benzene rings is 1. The lowest BCUT2D eigenvalue weighted by Crippen LogP contribution is -2.41. The highest BCUT2D eigenvalue weighted by molar-refractivity contribution is 6.69. The Balaban J connectivity index is 1.39. The number of hydrogen-bond acceptors (Lipinski definition) is 12. The highest BCUT2D eigenvalue weighted by Gasteiger charge is 2.26. The zero-order valence-electron chi connectivity index (χ0n) is 32.1. The Labute approximate surface area is 320 Å². The summed E-state index contributed by atoms with van der Waals surface area (Å²) in [4.78, 5) is 76.7. The molecule has 0 aliphatic carbocycles. The lowest BCUT2D eigenvalue weighted by atomic mass is 9.86. The van der Waals surface area contributed by atoms with Gasteiger partial charge in [0, 0.05) is 42.0 Å². The number of carbonyl (C=O) groups is 4. The normalized spacial score (nSPS) is 12.9. The molecule has 1 unspecified atom stereocenters. The zero-order chi connectivity index (χ0) is 40.6. The first-order chi connectivity index (χ1) is 26.0. The number of rotatable bonds is 22. The van der Waals surface area contributed by atoms with Crippen molar-refractivity contribution in [2.45, 2.75) is 91.0 Å². The standard InChI is InChI=1S/C38H50BN8O8/c1-7-9-11-24(10-8-2)32(49)41-20-18-37(3,4)54-21-19-38(5,6)55-39-29(48)17-16-28(35(52)53)45-33(50)25-12-14-26(15-13-25)42-22-27-23-43-31-30(44-27)34(51)47-36(40)46-31/h7-15,23,28,42H,16-22H2,1-6H3,(H,41,49)(H,45,50)(H,52,53)(H3,40,43,46,47,51)/b9-7-,10-8-,24-11+. The molecule has 1 aromatic carbocycles. The van der Waals surface area contributed by atoms with E-state index in [1.54, 1.807) is 36.4 Å². The predicted octanol–water partition coefficient (Wildman–Crippen LogP) is 3.58. The largest absolute Gasteiger partial charge is 0.480 e. The Morgan fingerprint density at radius 3 is 2.44 bits per heavy atom. The summed E-state index contributed by atoms with van der Waals surface area (Å²) in [5.41, 5.74) is 5.37. The number of carboxylic acids is 1. The number of amides is 2. The first-order valence-corrected chi connectivity index (χ1v) is 17.8. The summed E-state index contributed by atoms with van der Waals surface area (Å²) in [5.74, 6) is -2.13. The minimum atomic E-state index is -1.31. The molecule has 0 spiro atoms. The summed E-state index contributed by atoms with van der Waals surface area (Å²) < 4.78 is 11.8. The minimum absolute atomic E-state index is 0.0511. The average molecular weight is 758 g/mol. The highest BCUT2D eigenvalue weighted by Crippen LogP contribution is 2.20. The molecule has 3 aromatic rings. The summed E-state index contributed by atoms with van der Waals surface area (Å²) in [5, 5.41) is 18.2. The summed E-state index contributed by atoms with van der Waals surface area (Å²) in [6, 6.07) is 4.98. The Kier molecular flexibility index (Phi) is 16.4. The maximum atomic E-state index is 12.9. The number of anilines is 2. The third-order valence-electron chi connectivity index (χ3n) is 8.19. The van der Waals surface area contributed by atoms with Crippen molar-refractivity contribution in [3.63, 3.8) is 0 Å². The van der Waals surface area contributed by atoms with Gasteiger partial charge in [0.1, 0.15) is 11.7 Å². The minimum Gasteiger partial charge on any atom is -0.480 e. The van der Waals surface area contributed by atoms with Crippen LogP contribution in [-0.4, -0.2) is 86.4 Å². The smallest absolute Gasteiger partial charge is 0.376 e. The molecule has 0 bridgehead atoms. The number of nitrogens with one attached hydrogen (secondary N) is 4. The van der Waals surface area contributed by atoms with Crippen LogP contribution in [0.15, 0.2) is 71.2 Å². The second kappa shape index (κ2) is 20.7. The van der Waals surface area contributed by atoms with Crippen LogP contribution in [0, 0.1) is 0 Å². The molecule has 0 aliphatic rings. The van der Waals surface area contributed by atoms with E-state index in [4.69, 9.17) is 15.1 Å². The van der Waals surface area contributed by atoms with Crippen molar-refractivity contribution >= 4 is 53.7 Å². The fraction of sp³-hybridized carbons (Fsp3) is 0.421. The molecule has 2 heterocycles. The molecule has 2 amide bonds. The van der Waals surface area contributed by atoms with Crippen LogP contribution < -0.4 is 27.2 Å². The first-order valence-electron chi connectivity index (χ1n) is 17.8. The van der Waals surface area contributed by atoms with E-state index >= 15 is 0 Å². The van der Waals surface area contributed by atoms with Crippen LogP contribution in [0.1, 0.15) is 83.3 Å². The van der Waals surface area contributed by atoms with Crippen LogP contribution in [-0.2, 0) is 30.3 Å². The van der Waals surface area contributed by atoms with Crippen LogP contribution in [0.4, 0.5) is 11.6 Å². The number of hydrogen-bond donors (Lipinski definition) is 6. The van der Waals surface area contributed by atoms with Crippen LogP contribution in [0.25, 0.3) is 11.2 Å². The van der Waals surface area contributed by atoms with Gasteiger partial charge in [0.2, 0.25) is 5.95 Å². The molecule has 1 atom stereocenters. The van der Waals surface area contributed by atoms with Crippen LogP contribution in [0.2, 0.25) is 0 Å². The van der Waals surface area contributed by atoms with E-state index in [1.165, 1.54) is 18.3 Å². The second-order valence-corrected chi connectivity index (χ2v) is 13.8. The summed E-state index contributed by atoms with van der Waals surface area (Å²) in [7, 11) is 1.07. The average Bonchev–Trinajstić information content (AvgIpc) is 3.13. The number of carbonyl (C=O) groups excluding carboxylic acids is 3. The maximum absolute atomic E-state index is 12.9. The van der Waals surface area contributed by atoms with Crippen molar-refractivity contribution in [3.8, 4) is 0 Å². The van der Waals surface area contributed by atoms with Gasteiger partial charge >= 0.3 is 13.5 Å². The fourth-order valence-corrected chi connectivity index (χ4v) is 4.93. The number of ether oxygens (including phenoxy) is 1. The van der Waals surface area contributed by atoms with Gasteiger partial charge in [-0.15, -0.1) is 0 Å². The van der Waals surface area contributed by atoms with E-state index in [0.717, 1.165) is 7.48 Å². The van der Waals surface area contributed by atoms with Gasteiger partial charge in [0.25, 0.3) is 17.4 Å². The van der Waals surface area contributed by atoms with Crippen molar-refractivity contribution < 1.29 is 33.7 Å². The number of fused-ring (bicyclic) bond motifs is 1. The molecule has 3 rings (SSSR count). The number of nitrogen functional groups attached to an aromatic ring is 1. The summed E-state index contributed by atoms with van der Waals surface area (Å²) >= 11 is 0. The molecule has 1 radical (unpaired) electrons. The fourth-order valence-electron chi connectivity index (χ4n) is 4.93. The Bertz CT molecular complexity index is 1960. The molecule has 0 fully saturated rings. The van der Waals surface area contributed by atoms with Gasteiger partial charge < -0.3 is 41.0 Å². The predicted molar refractivity (Wildman–Crippen MR) is 210 cm³/mol. The third-order valence-corrected chi connectivity index (χ3v) is 8.19. The highest BCUT2D eigenvalue weighted by atomic mass is 16.5. The van der Waals surface area contributed by atoms with Crippen molar-refractivity contribution in [2.24, 2.45) is 0 Å². The lowest BCUT2D eigenvalue weighted by molar-refractivity contribution is -0.139. The van der Waals surface area contributed by atoms with Crippen LogP contribution in [0.3, 0.4) is 0 Å². The third kappa shape index (κ3) is 14.9.